The molecule has 1 heterocycles. The van der Waals surface area contributed by atoms with Crippen molar-refractivity contribution in [2.75, 3.05) is 4.90 Å². The third-order valence-corrected chi connectivity index (χ3v) is 3.10. The van der Waals surface area contributed by atoms with E-state index in [1.54, 1.807) is 0 Å². The third-order valence-electron chi connectivity index (χ3n) is 3.10. The quantitative estimate of drug-likeness (QED) is 0.832. The number of rotatable bonds is 4. The molecule has 0 saturated carbocycles. The number of imide groups is 1. The van der Waals surface area contributed by atoms with Crippen LogP contribution in [0.4, 0.5) is 23.7 Å². The zero-order valence-corrected chi connectivity index (χ0v) is 11.1. The minimum Gasteiger partial charge on any atom is -0.481 e. The first-order valence-electron chi connectivity index (χ1n) is 6.23. The molecule has 0 unspecified atom stereocenters. The Kier molecular flexibility index (Phi) is 4.07. The molecule has 1 aromatic carbocycles. The lowest BCUT2D eigenvalue weighted by atomic mass is 10.1. The molecule has 2 rings (SSSR count). The highest BCUT2D eigenvalue weighted by Gasteiger charge is 2.40. The molecule has 118 valence electrons. The van der Waals surface area contributed by atoms with Gasteiger partial charge in [-0.25, -0.2) is 9.69 Å². The van der Waals surface area contributed by atoms with E-state index in [2.05, 4.69) is 5.32 Å². The van der Waals surface area contributed by atoms with Gasteiger partial charge in [0.2, 0.25) is 0 Å². The highest BCUT2D eigenvalue weighted by atomic mass is 19.4. The number of hydrogen-bond donors (Lipinski definition) is 2. The fourth-order valence-corrected chi connectivity index (χ4v) is 2.06. The largest absolute Gasteiger partial charge is 0.481 e. The van der Waals surface area contributed by atoms with E-state index in [4.69, 9.17) is 5.11 Å². The van der Waals surface area contributed by atoms with Crippen molar-refractivity contribution in [1.29, 1.82) is 0 Å². The minimum atomic E-state index is -4.60. The molecule has 1 aliphatic rings. The van der Waals surface area contributed by atoms with Crippen molar-refractivity contribution in [1.82, 2.24) is 5.32 Å². The summed E-state index contributed by atoms with van der Waals surface area (Å²) in [6.07, 6.45) is -5.07. The van der Waals surface area contributed by atoms with E-state index < -0.39 is 35.7 Å². The van der Waals surface area contributed by atoms with Gasteiger partial charge in [-0.2, -0.15) is 13.2 Å². The summed E-state index contributed by atoms with van der Waals surface area (Å²) in [7, 11) is 0. The molecule has 1 aromatic rings. The number of nitrogens with zero attached hydrogens (tertiary/aromatic N) is 1. The van der Waals surface area contributed by atoms with E-state index in [1.165, 1.54) is 6.07 Å². The van der Waals surface area contributed by atoms with Crippen LogP contribution in [0.25, 0.3) is 0 Å². The van der Waals surface area contributed by atoms with Gasteiger partial charge in [0, 0.05) is 6.42 Å². The van der Waals surface area contributed by atoms with Gasteiger partial charge in [-0.05, 0) is 24.6 Å². The molecule has 0 aromatic heterocycles. The molecule has 2 N–H and O–H groups in total. The molecule has 0 spiro atoms. The Bertz CT molecular complexity index is 630. The summed E-state index contributed by atoms with van der Waals surface area (Å²) < 4.78 is 38.0. The number of benzene rings is 1. The Morgan fingerprint density at radius 1 is 1.32 bits per heavy atom. The van der Waals surface area contributed by atoms with Gasteiger partial charge in [-0.1, -0.05) is 6.07 Å². The first-order valence-corrected chi connectivity index (χ1v) is 6.23. The number of halogens is 3. The highest BCUT2D eigenvalue weighted by molar-refractivity contribution is 6.21. The van der Waals surface area contributed by atoms with Crippen LogP contribution in [-0.4, -0.2) is 29.1 Å². The second-order valence-corrected chi connectivity index (χ2v) is 4.66. The molecule has 22 heavy (non-hydrogen) atoms. The normalized spacial score (nSPS) is 18.5. The van der Waals surface area contributed by atoms with E-state index in [0.717, 1.165) is 12.1 Å². The van der Waals surface area contributed by atoms with Crippen molar-refractivity contribution in [3.63, 3.8) is 0 Å². The molecule has 1 saturated heterocycles. The Morgan fingerprint density at radius 3 is 2.59 bits per heavy atom. The first-order chi connectivity index (χ1) is 10.2. The molecule has 9 heteroatoms. The lowest BCUT2D eigenvalue weighted by molar-refractivity contribution is -0.138. The maximum absolute atomic E-state index is 12.7. The molecule has 3 amide bonds. The maximum atomic E-state index is 12.7. The second-order valence-electron chi connectivity index (χ2n) is 4.66. The average Bonchev–Trinajstić information content (AvgIpc) is 2.70. The maximum Gasteiger partial charge on any atom is 0.416 e. The first kappa shape index (κ1) is 15.8. The average molecular weight is 316 g/mol. The van der Waals surface area contributed by atoms with Crippen LogP contribution in [0.5, 0.6) is 0 Å². The van der Waals surface area contributed by atoms with Crippen LogP contribution in [0.1, 0.15) is 18.4 Å². The van der Waals surface area contributed by atoms with E-state index in [0.29, 0.717) is 11.0 Å². The standard InChI is InChI=1S/C13H11F3N2O4/c14-13(15,16)7-2-1-3-8(6-7)18-11(21)9(17-12(18)22)4-5-10(19)20/h1-3,6,9H,4-5H2,(H,17,22)(H,19,20)/t9-/m0/s1. The molecule has 1 atom stereocenters. The number of alkyl halides is 3. The number of nitrogens with one attached hydrogen (secondary N) is 1. The lowest BCUT2D eigenvalue weighted by Gasteiger charge is -2.15. The van der Waals surface area contributed by atoms with Crippen LogP contribution in [0.15, 0.2) is 24.3 Å². The summed E-state index contributed by atoms with van der Waals surface area (Å²) in [5.41, 5.74) is -1.20. The number of hydrogen-bond acceptors (Lipinski definition) is 3. The molecule has 0 radical (unpaired) electrons. The fraction of sp³-hybridized carbons (Fsp3) is 0.308. The van der Waals surface area contributed by atoms with Crippen LogP contribution in [0.3, 0.4) is 0 Å². The monoisotopic (exact) mass is 316 g/mol. The molecule has 0 bridgehead atoms. The van der Waals surface area contributed by atoms with E-state index in [1.807, 2.05) is 0 Å². The van der Waals surface area contributed by atoms with Gasteiger partial charge in [0.15, 0.2) is 0 Å². The van der Waals surface area contributed by atoms with E-state index >= 15 is 0 Å². The topological polar surface area (TPSA) is 86.7 Å². The van der Waals surface area contributed by atoms with Gasteiger partial charge in [0.1, 0.15) is 6.04 Å². The van der Waals surface area contributed by atoms with Crippen LogP contribution in [-0.2, 0) is 15.8 Å². The van der Waals surface area contributed by atoms with Crippen LogP contribution in [0, 0.1) is 0 Å². The van der Waals surface area contributed by atoms with Crippen molar-refractivity contribution in [3.05, 3.63) is 29.8 Å². The number of amides is 3. The molecular weight excluding hydrogens is 305 g/mol. The molecular formula is C13H11F3N2O4. The summed E-state index contributed by atoms with van der Waals surface area (Å²) in [6, 6.07) is 1.87. The highest BCUT2D eigenvalue weighted by Crippen LogP contribution is 2.32. The number of carboxylic acids is 1. The van der Waals surface area contributed by atoms with E-state index in [9.17, 15) is 27.6 Å². The van der Waals surface area contributed by atoms with Gasteiger partial charge >= 0.3 is 18.2 Å². The van der Waals surface area contributed by atoms with Gasteiger partial charge in [0.25, 0.3) is 5.91 Å². The van der Waals surface area contributed by atoms with E-state index in [-0.39, 0.29) is 18.5 Å². The third kappa shape index (κ3) is 3.18. The number of anilines is 1. The number of carbonyl (C=O) groups excluding carboxylic acids is 2. The Balaban J connectivity index is 2.24. The number of aliphatic carboxylic acids is 1. The van der Waals surface area contributed by atoms with Gasteiger partial charge in [-0.15, -0.1) is 0 Å². The fourth-order valence-electron chi connectivity index (χ4n) is 2.06. The second kappa shape index (κ2) is 5.66. The van der Waals surface area contributed by atoms with Gasteiger partial charge in [0.05, 0.1) is 11.3 Å². The number of carbonyl (C=O) groups is 3. The predicted molar refractivity (Wildman–Crippen MR) is 68.1 cm³/mol. The summed E-state index contributed by atoms with van der Waals surface area (Å²) in [5.74, 6) is -1.91. The molecule has 0 aliphatic carbocycles. The minimum absolute atomic E-state index is 0.130. The van der Waals surface area contributed by atoms with Crippen molar-refractivity contribution in [2.45, 2.75) is 25.1 Å². The number of carboxylic acid groups (broad SMARTS) is 1. The van der Waals surface area contributed by atoms with Crippen LogP contribution >= 0.6 is 0 Å². The summed E-state index contributed by atoms with van der Waals surface area (Å²) in [4.78, 5) is 34.9. The smallest absolute Gasteiger partial charge is 0.416 e. The molecule has 1 fully saturated rings. The zero-order chi connectivity index (χ0) is 16.5. The lowest BCUT2D eigenvalue weighted by Crippen LogP contribution is -2.31. The van der Waals surface area contributed by atoms with Gasteiger partial charge < -0.3 is 10.4 Å². The van der Waals surface area contributed by atoms with Gasteiger partial charge in [-0.3, -0.25) is 9.59 Å². The Morgan fingerprint density at radius 2 is 2.00 bits per heavy atom. The molecule has 6 nitrogen and oxygen atoms in total. The van der Waals surface area contributed by atoms with Crippen LogP contribution < -0.4 is 10.2 Å². The van der Waals surface area contributed by atoms with Crippen molar-refractivity contribution < 1.29 is 32.7 Å². The Labute approximate surface area is 122 Å². The summed E-state index contributed by atoms with van der Waals surface area (Å²) >= 11 is 0. The SMILES string of the molecule is O=C(O)CC[C@@H]1NC(=O)N(c2cccc(C(F)(F)F)c2)C1=O. The predicted octanol–water partition coefficient (Wildman–Crippen LogP) is 2.00. The number of urea groups is 1. The summed E-state index contributed by atoms with van der Waals surface area (Å²) in [5, 5.41) is 10.8. The summed E-state index contributed by atoms with van der Waals surface area (Å²) in [6.45, 7) is 0. The van der Waals surface area contributed by atoms with Crippen LogP contribution in [0.2, 0.25) is 0 Å². The Hall–Kier alpha value is -2.58. The molecule has 1 aliphatic heterocycles. The van der Waals surface area contributed by atoms with Crippen molar-refractivity contribution in [2.24, 2.45) is 0 Å². The van der Waals surface area contributed by atoms with Crippen molar-refractivity contribution >= 4 is 23.6 Å². The van der Waals surface area contributed by atoms with Crippen molar-refractivity contribution in [3.8, 4) is 0 Å². The zero-order valence-electron chi connectivity index (χ0n) is 11.1.